The molecule has 1 amide bonds. The average molecular weight is 248 g/mol. The first-order valence-electron chi connectivity index (χ1n) is 6.40. The molecular weight excluding hydrogens is 228 g/mol. The molecular formula is C14H20N2O2. The Labute approximate surface area is 108 Å². The van der Waals surface area contributed by atoms with Gasteiger partial charge in [0.05, 0.1) is 0 Å². The van der Waals surface area contributed by atoms with Crippen molar-refractivity contribution in [2.24, 2.45) is 0 Å². The Kier molecular flexibility index (Phi) is 4.73. The van der Waals surface area contributed by atoms with E-state index in [1.807, 2.05) is 30.3 Å². The highest BCUT2D eigenvalue weighted by Crippen LogP contribution is 2.16. The highest BCUT2D eigenvalue weighted by Gasteiger charge is 2.23. The largest absolute Gasteiger partial charge is 0.367 e. The van der Waals surface area contributed by atoms with Gasteiger partial charge in [-0.1, -0.05) is 30.3 Å². The molecule has 98 valence electrons. The number of hydrogen-bond donors (Lipinski definition) is 2. The predicted octanol–water partition coefficient (Wildman–Crippen LogP) is 1.24. The van der Waals surface area contributed by atoms with Crippen LogP contribution in [0.1, 0.15) is 24.5 Å². The highest BCUT2D eigenvalue weighted by atomic mass is 16.5. The second kappa shape index (κ2) is 6.52. The third-order valence-electron chi connectivity index (χ3n) is 3.22. The standard InChI is InChI=1S/C14H20N2O2/c1-18-13(11-6-3-2-4-7-11)14(17)16-12-8-5-9-15-10-12/h2-4,6-7,12-13,15H,5,8-10H2,1H3,(H,16,17)/t12-,13?/m1/s1. The molecule has 2 atom stereocenters. The summed E-state index contributed by atoms with van der Waals surface area (Å²) in [7, 11) is 1.57. The molecule has 1 fully saturated rings. The number of carbonyl (C=O) groups is 1. The first-order valence-corrected chi connectivity index (χ1v) is 6.40. The van der Waals surface area contributed by atoms with Gasteiger partial charge in [0.15, 0.2) is 6.10 Å². The van der Waals surface area contributed by atoms with Crippen LogP contribution in [0.2, 0.25) is 0 Å². The molecule has 0 saturated carbocycles. The van der Waals surface area contributed by atoms with E-state index in [2.05, 4.69) is 10.6 Å². The number of amides is 1. The summed E-state index contributed by atoms with van der Waals surface area (Å²) in [6, 6.07) is 9.79. The van der Waals surface area contributed by atoms with Crippen LogP contribution in [0.25, 0.3) is 0 Å². The molecule has 1 aliphatic heterocycles. The van der Waals surface area contributed by atoms with Crippen LogP contribution in [0.3, 0.4) is 0 Å². The number of methoxy groups -OCH3 is 1. The lowest BCUT2D eigenvalue weighted by atomic mass is 10.1. The van der Waals surface area contributed by atoms with Gasteiger partial charge in [-0.15, -0.1) is 0 Å². The van der Waals surface area contributed by atoms with E-state index in [1.165, 1.54) is 0 Å². The van der Waals surface area contributed by atoms with Crippen molar-refractivity contribution < 1.29 is 9.53 Å². The molecule has 1 saturated heterocycles. The Morgan fingerprint density at radius 1 is 1.44 bits per heavy atom. The lowest BCUT2D eigenvalue weighted by Gasteiger charge is -2.26. The highest BCUT2D eigenvalue weighted by molar-refractivity contribution is 5.82. The van der Waals surface area contributed by atoms with E-state index in [0.717, 1.165) is 31.5 Å². The summed E-state index contributed by atoms with van der Waals surface area (Å²) in [5.74, 6) is -0.0580. The van der Waals surface area contributed by atoms with Gasteiger partial charge in [0.1, 0.15) is 0 Å². The molecule has 1 aromatic rings. The zero-order chi connectivity index (χ0) is 12.8. The summed E-state index contributed by atoms with van der Waals surface area (Å²) in [5.41, 5.74) is 0.890. The average Bonchev–Trinajstić information content (AvgIpc) is 2.42. The summed E-state index contributed by atoms with van der Waals surface area (Å²) in [6.45, 7) is 1.88. The number of benzene rings is 1. The predicted molar refractivity (Wildman–Crippen MR) is 70.2 cm³/mol. The van der Waals surface area contributed by atoms with Gasteiger partial charge >= 0.3 is 0 Å². The van der Waals surface area contributed by atoms with E-state index in [9.17, 15) is 4.79 Å². The van der Waals surface area contributed by atoms with Crippen LogP contribution < -0.4 is 10.6 Å². The minimum absolute atomic E-state index is 0.0580. The van der Waals surface area contributed by atoms with Crippen LogP contribution in [0.4, 0.5) is 0 Å². The molecule has 18 heavy (non-hydrogen) atoms. The fourth-order valence-corrected chi connectivity index (χ4v) is 2.27. The fourth-order valence-electron chi connectivity index (χ4n) is 2.27. The number of rotatable bonds is 4. The maximum Gasteiger partial charge on any atom is 0.254 e. The SMILES string of the molecule is COC(C(=O)N[C@@H]1CCCNC1)c1ccccc1. The molecule has 2 N–H and O–H groups in total. The fraction of sp³-hybridized carbons (Fsp3) is 0.500. The van der Waals surface area contributed by atoms with E-state index in [4.69, 9.17) is 4.74 Å². The Morgan fingerprint density at radius 2 is 2.22 bits per heavy atom. The molecule has 4 nitrogen and oxygen atoms in total. The van der Waals surface area contributed by atoms with Crippen molar-refractivity contribution in [3.8, 4) is 0 Å². The first-order chi connectivity index (χ1) is 8.81. The quantitative estimate of drug-likeness (QED) is 0.843. The maximum absolute atomic E-state index is 12.2. The number of nitrogens with one attached hydrogen (secondary N) is 2. The van der Waals surface area contributed by atoms with Gasteiger partial charge < -0.3 is 15.4 Å². The van der Waals surface area contributed by atoms with Gasteiger partial charge in [-0.05, 0) is 24.9 Å². The van der Waals surface area contributed by atoms with Gasteiger partial charge in [-0.3, -0.25) is 4.79 Å². The Bertz CT molecular complexity index is 375. The molecule has 0 spiro atoms. The molecule has 0 aliphatic carbocycles. The normalized spacial score (nSPS) is 21.3. The van der Waals surface area contributed by atoms with E-state index >= 15 is 0 Å². The number of hydrogen-bond acceptors (Lipinski definition) is 3. The van der Waals surface area contributed by atoms with Gasteiger partial charge in [-0.25, -0.2) is 0 Å². The number of carbonyl (C=O) groups excluding carboxylic acids is 1. The van der Waals surface area contributed by atoms with Crippen molar-refractivity contribution in [3.05, 3.63) is 35.9 Å². The van der Waals surface area contributed by atoms with E-state index in [-0.39, 0.29) is 11.9 Å². The summed E-state index contributed by atoms with van der Waals surface area (Å²) in [6.07, 6.45) is 1.62. The summed E-state index contributed by atoms with van der Waals surface area (Å²) < 4.78 is 5.31. The van der Waals surface area contributed by atoms with Gasteiger partial charge in [-0.2, -0.15) is 0 Å². The summed E-state index contributed by atoms with van der Waals surface area (Å²) in [5, 5.41) is 6.32. The van der Waals surface area contributed by atoms with Crippen LogP contribution in [0.15, 0.2) is 30.3 Å². The third-order valence-corrected chi connectivity index (χ3v) is 3.22. The third kappa shape index (κ3) is 3.31. The zero-order valence-corrected chi connectivity index (χ0v) is 10.7. The molecule has 0 bridgehead atoms. The minimum atomic E-state index is -0.520. The second-order valence-electron chi connectivity index (χ2n) is 4.58. The van der Waals surface area contributed by atoms with Crippen molar-refractivity contribution in [2.45, 2.75) is 25.0 Å². The molecule has 4 heteroatoms. The van der Waals surface area contributed by atoms with Crippen molar-refractivity contribution in [1.82, 2.24) is 10.6 Å². The molecule has 1 aromatic carbocycles. The van der Waals surface area contributed by atoms with E-state index < -0.39 is 6.10 Å². The molecule has 1 aliphatic rings. The monoisotopic (exact) mass is 248 g/mol. The van der Waals surface area contributed by atoms with E-state index in [1.54, 1.807) is 7.11 Å². The first kappa shape index (κ1) is 13.1. The summed E-state index contributed by atoms with van der Waals surface area (Å²) >= 11 is 0. The molecule has 0 radical (unpaired) electrons. The van der Waals surface area contributed by atoms with Crippen molar-refractivity contribution in [2.75, 3.05) is 20.2 Å². The number of piperidine rings is 1. The van der Waals surface area contributed by atoms with Gasteiger partial charge in [0.25, 0.3) is 5.91 Å². The van der Waals surface area contributed by atoms with Crippen molar-refractivity contribution >= 4 is 5.91 Å². The molecule has 1 unspecified atom stereocenters. The summed E-state index contributed by atoms with van der Waals surface area (Å²) in [4.78, 5) is 12.2. The van der Waals surface area contributed by atoms with Gasteiger partial charge in [0, 0.05) is 19.7 Å². The van der Waals surface area contributed by atoms with Crippen molar-refractivity contribution in [1.29, 1.82) is 0 Å². The second-order valence-corrected chi connectivity index (χ2v) is 4.58. The Balaban J connectivity index is 1.97. The van der Waals surface area contributed by atoms with E-state index in [0.29, 0.717) is 0 Å². The van der Waals surface area contributed by atoms with Crippen LogP contribution in [-0.2, 0) is 9.53 Å². The molecule has 1 heterocycles. The smallest absolute Gasteiger partial charge is 0.254 e. The molecule has 2 rings (SSSR count). The maximum atomic E-state index is 12.2. The Morgan fingerprint density at radius 3 is 2.83 bits per heavy atom. The minimum Gasteiger partial charge on any atom is -0.367 e. The van der Waals surface area contributed by atoms with Crippen LogP contribution >= 0.6 is 0 Å². The number of ether oxygens (including phenoxy) is 1. The van der Waals surface area contributed by atoms with Crippen LogP contribution in [0, 0.1) is 0 Å². The molecule has 0 aromatic heterocycles. The lowest BCUT2D eigenvalue weighted by Crippen LogP contribution is -2.47. The Hall–Kier alpha value is -1.39. The van der Waals surface area contributed by atoms with Crippen molar-refractivity contribution in [3.63, 3.8) is 0 Å². The topological polar surface area (TPSA) is 50.4 Å². The van der Waals surface area contributed by atoms with Crippen LogP contribution in [-0.4, -0.2) is 32.1 Å². The zero-order valence-electron chi connectivity index (χ0n) is 10.7. The van der Waals surface area contributed by atoms with Crippen LogP contribution in [0.5, 0.6) is 0 Å². The lowest BCUT2D eigenvalue weighted by molar-refractivity contribution is -0.132. The van der Waals surface area contributed by atoms with Gasteiger partial charge in [0.2, 0.25) is 0 Å².